The van der Waals surface area contributed by atoms with Crippen LogP contribution in [0.1, 0.15) is 24.3 Å². The van der Waals surface area contributed by atoms with Gasteiger partial charge in [-0.05, 0) is 42.8 Å². The molecule has 0 amide bonds. The average Bonchev–Trinajstić information content (AvgIpc) is 3.34. The Morgan fingerprint density at radius 3 is 2.85 bits per heavy atom. The van der Waals surface area contributed by atoms with Gasteiger partial charge in [-0.15, -0.1) is 24.0 Å². The van der Waals surface area contributed by atoms with Crippen molar-refractivity contribution in [3.8, 4) is 5.69 Å². The van der Waals surface area contributed by atoms with Crippen LogP contribution >= 0.6 is 24.0 Å². The second-order valence-corrected chi connectivity index (χ2v) is 5.74. The SMILES string of the molecule is CN=C(NCCc1ccco1)NC(C)c1cccc(-n2cccn2)c1.I. The lowest BCUT2D eigenvalue weighted by atomic mass is 10.1. The minimum atomic E-state index is 0. The van der Waals surface area contributed by atoms with E-state index in [0.29, 0.717) is 0 Å². The zero-order valence-electron chi connectivity index (χ0n) is 14.9. The second-order valence-electron chi connectivity index (χ2n) is 5.74. The lowest BCUT2D eigenvalue weighted by molar-refractivity contribution is 0.506. The summed E-state index contributed by atoms with van der Waals surface area (Å²) in [5, 5.41) is 11.0. The average molecular weight is 465 g/mol. The van der Waals surface area contributed by atoms with Crippen LogP contribution < -0.4 is 10.6 Å². The van der Waals surface area contributed by atoms with Crippen molar-refractivity contribution in [2.75, 3.05) is 13.6 Å². The number of halogens is 1. The van der Waals surface area contributed by atoms with Crippen molar-refractivity contribution in [3.05, 3.63) is 72.4 Å². The molecule has 0 saturated carbocycles. The third-order valence-electron chi connectivity index (χ3n) is 3.96. The van der Waals surface area contributed by atoms with E-state index in [4.69, 9.17) is 4.42 Å². The van der Waals surface area contributed by atoms with Crippen LogP contribution in [0.2, 0.25) is 0 Å². The normalized spacial score (nSPS) is 12.3. The highest BCUT2D eigenvalue weighted by molar-refractivity contribution is 14.0. The van der Waals surface area contributed by atoms with Crippen LogP contribution in [0, 0.1) is 0 Å². The van der Waals surface area contributed by atoms with Crippen molar-refractivity contribution < 1.29 is 4.42 Å². The molecule has 1 unspecified atom stereocenters. The molecule has 0 fully saturated rings. The summed E-state index contributed by atoms with van der Waals surface area (Å²) in [5.74, 6) is 1.73. The number of hydrogen-bond donors (Lipinski definition) is 2. The van der Waals surface area contributed by atoms with Gasteiger partial charge in [-0.25, -0.2) is 4.68 Å². The van der Waals surface area contributed by atoms with E-state index in [2.05, 4.69) is 39.8 Å². The van der Waals surface area contributed by atoms with Gasteiger partial charge in [-0.1, -0.05) is 12.1 Å². The summed E-state index contributed by atoms with van der Waals surface area (Å²) in [4.78, 5) is 4.29. The van der Waals surface area contributed by atoms with Crippen molar-refractivity contribution in [2.24, 2.45) is 4.99 Å². The van der Waals surface area contributed by atoms with E-state index in [1.54, 1.807) is 19.5 Å². The topological polar surface area (TPSA) is 67.4 Å². The second kappa shape index (κ2) is 10.0. The number of aliphatic imine (C=N–C) groups is 1. The number of guanidine groups is 1. The maximum Gasteiger partial charge on any atom is 0.191 e. The first-order valence-electron chi connectivity index (χ1n) is 8.36. The highest BCUT2D eigenvalue weighted by atomic mass is 127. The molecule has 2 heterocycles. The number of hydrogen-bond acceptors (Lipinski definition) is 3. The quantitative estimate of drug-likeness (QED) is 0.332. The van der Waals surface area contributed by atoms with Gasteiger partial charge in [0.25, 0.3) is 0 Å². The van der Waals surface area contributed by atoms with Gasteiger partial charge in [0, 0.05) is 32.4 Å². The highest BCUT2D eigenvalue weighted by Crippen LogP contribution is 2.16. The Morgan fingerprint density at radius 1 is 1.27 bits per heavy atom. The third-order valence-corrected chi connectivity index (χ3v) is 3.96. The van der Waals surface area contributed by atoms with Gasteiger partial charge in [0.1, 0.15) is 5.76 Å². The number of aromatic nitrogens is 2. The summed E-state index contributed by atoms with van der Waals surface area (Å²) in [6.07, 6.45) is 6.22. The molecular weight excluding hydrogens is 441 g/mol. The molecule has 138 valence electrons. The molecule has 6 nitrogen and oxygen atoms in total. The molecule has 2 aromatic heterocycles. The maximum absolute atomic E-state index is 5.34. The van der Waals surface area contributed by atoms with Gasteiger partial charge in [-0.2, -0.15) is 5.10 Å². The molecular formula is C19H24IN5O. The molecule has 2 N–H and O–H groups in total. The molecule has 7 heteroatoms. The first kappa shape index (κ1) is 20.0. The predicted octanol–water partition coefficient (Wildman–Crippen LogP) is 3.55. The summed E-state index contributed by atoms with van der Waals surface area (Å²) < 4.78 is 7.19. The smallest absolute Gasteiger partial charge is 0.191 e. The Hall–Kier alpha value is -2.29. The van der Waals surface area contributed by atoms with Crippen LogP contribution in [-0.2, 0) is 6.42 Å². The van der Waals surface area contributed by atoms with Gasteiger partial charge in [0.2, 0.25) is 0 Å². The fourth-order valence-electron chi connectivity index (χ4n) is 2.60. The van der Waals surface area contributed by atoms with Crippen molar-refractivity contribution >= 4 is 29.9 Å². The van der Waals surface area contributed by atoms with E-state index in [0.717, 1.165) is 30.4 Å². The molecule has 1 atom stereocenters. The lowest BCUT2D eigenvalue weighted by Crippen LogP contribution is -2.39. The van der Waals surface area contributed by atoms with Gasteiger partial charge < -0.3 is 15.1 Å². The van der Waals surface area contributed by atoms with Crippen molar-refractivity contribution in [3.63, 3.8) is 0 Å². The van der Waals surface area contributed by atoms with E-state index in [9.17, 15) is 0 Å². The largest absolute Gasteiger partial charge is 0.469 e. The number of furan rings is 1. The van der Waals surface area contributed by atoms with Crippen molar-refractivity contribution in [2.45, 2.75) is 19.4 Å². The standard InChI is InChI=1S/C19H23N5O.HI/c1-15(16-6-3-7-17(14-16)24-12-5-10-22-24)23-19(20-2)21-11-9-18-8-4-13-25-18;/h3-8,10,12-15H,9,11H2,1-2H3,(H2,20,21,23);1H. The van der Waals surface area contributed by atoms with Crippen LogP contribution in [0.3, 0.4) is 0 Å². The first-order chi connectivity index (χ1) is 12.3. The Kier molecular flexibility index (Phi) is 7.71. The zero-order valence-corrected chi connectivity index (χ0v) is 17.3. The minimum Gasteiger partial charge on any atom is -0.469 e. The first-order valence-corrected chi connectivity index (χ1v) is 8.36. The Bertz CT molecular complexity index is 799. The summed E-state index contributed by atoms with van der Waals surface area (Å²) in [7, 11) is 1.77. The summed E-state index contributed by atoms with van der Waals surface area (Å²) in [5.41, 5.74) is 2.21. The molecule has 26 heavy (non-hydrogen) atoms. The molecule has 0 bridgehead atoms. The molecule has 3 rings (SSSR count). The van der Waals surface area contributed by atoms with E-state index in [1.165, 1.54) is 5.56 Å². The minimum absolute atomic E-state index is 0. The van der Waals surface area contributed by atoms with Gasteiger partial charge in [0.05, 0.1) is 18.0 Å². The molecule has 0 aliphatic heterocycles. The molecule has 0 saturated heterocycles. The van der Waals surface area contributed by atoms with Crippen LogP contribution in [-0.4, -0.2) is 29.3 Å². The maximum atomic E-state index is 5.34. The summed E-state index contributed by atoms with van der Waals surface area (Å²) in [6, 6.07) is 14.2. The number of nitrogens with one attached hydrogen (secondary N) is 2. The van der Waals surface area contributed by atoms with E-state index in [1.807, 2.05) is 41.2 Å². The molecule has 0 aliphatic rings. The highest BCUT2D eigenvalue weighted by Gasteiger charge is 2.09. The Morgan fingerprint density at radius 2 is 2.15 bits per heavy atom. The van der Waals surface area contributed by atoms with E-state index >= 15 is 0 Å². The fourth-order valence-corrected chi connectivity index (χ4v) is 2.60. The number of rotatable bonds is 6. The van der Waals surface area contributed by atoms with E-state index in [-0.39, 0.29) is 30.0 Å². The predicted molar refractivity (Wildman–Crippen MR) is 114 cm³/mol. The molecule has 0 spiro atoms. The lowest BCUT2D eigenvalue weighted by Gasteiger charge is -2.19. The van der Waals surface area contributed by atoms with Crippen molar-refractivity contribution in [1.82, 2.24) is 20.4 Å². The van der Waals surface area contributed by atoms with Gasteiger partial charge in [-0.3, -0.25) is 4.99 Å². The molecule has 3 aromatic rings. The molecule has 0 radical (unpaired) electrons. The fraction of sp³-hybridized carbons (Fsp3) is 0.263. The Labute approximate surface area is 170 Å². The van der Waals surface area contributed by atoms with Crippen molar-refractivity contribution in [1.29, 1.82) is 0 Å². The van der Waals surface area contributed by atoms with Crippen LogP contribution in [0.25, 0.3) is 5.69 Å². The molecule has 1 aromatic carbocycles. The summed E-state index contributed by atoms with van der Waals surface area (Å²) in [6.45, 7) is 2.87. The van der Waals surface area contributed by atoms with Gasteiger partial charge in [0.15, 0.2) is 5.96 Å². The Balaban J connectivity index is 0.00000243. The molecule has 0 aliphatic carbocycles. The monoisotopic (exact) mass is 465 g/mol. The number of benzene rings is 1. The van der Waals surface area contributed by atoms with Crippen LogP contribution in [0.15, 0.2) is 70.5 Å². The number of nitrogens with zero attached hydrogens (tertiary/aromatic N) is 3. The third kappa shape index (κ3) is 5.35. The summed E-state index contributed by atoms with van der Waals surface area (Å²) >= 11 is 0. The zero-order chi connectivity index (χ0) is 17.5. The van der Waals surface area contributed by atoms with E-state index < -0.39 is 0 Å². The van der Waals surface area contributed by atoms with Crippen LogP contribution in [0.4, 0.5) is 0 Å². The van der Waals surface area contributed by atoms with Crippen LogP contribution in [0.5, 0.6) is 0 Å². The van der Waals surface area contributed by atoms with Gasteiger partial charge >= 0.3 is 0 Å².